The van der Waals surface area contributed by atoms with Crippen LogP contribution in [0.15, 0.2) is 18.3 Å². The van der Waals surface area contributed by atoms with Crippen LogP contribution in [0.3, 0.4) is 0 Å². The maximum Gasteiger partial charge on any atom is 0.237 e. The molecule has 100 valence electrons. The van der Waals surface area contributed by atoms with Crippen molar-refractivity contribution < 1.29 is 4.79 Å². The summed E-state index contributed by atoms with van der Waals surface area (Å²) < 4.78 is 0. The third kappa shape index (κ3) is 4.45. The van der Waals surface area contributed by atoms with Crippen LogP contribution in [0, 0.1) is 5.92 Å². The summed E-state index contributed by atoms with van der Waals surface area (Å²) in [5.41, 5.74) is 7.90. The maximum absolute atomic E-state index is 11.8. The molecule has 1 amide bonds. The fraction of sp³-hybridized carbons (Fsp3) is 0.571. The highest BCUT2D eigenvalue weighted by Crippen LogP contribution is 2.06. The van der Waals surface area contributed by atoms with E-state index in [0.29, 0.717) is 18.9 Å². The lowest BCUT2D eigenvalue weighted by Gasteiger charge is -2.14. The lowest BCUT2D eigenvalue weighted by molar-refractivity contribution is -0.122. The molecule has 1 rings (SSSR count). The number of carbonyl (C=O) groups is 1. The van der Waals surface area contributed by atoms with Gasteiger partial charge in [-0.25, -0.2) is 0 Å². The molecule has 0 saturated heterocycles. The summed E-state index contributed by atoms with van der Waals surface area (Å²) in [5.74, 6) is 0.322. The average molecular weight is 249 g/mol. The van der Waals surface area contributed by atoms with E-state index in [2.05, 4.69) is 31.1 Å². The molecule has 0 aliphatic carbocycles. The number of nitrogens with one attached hydrogen (secondary N) is 1. The first kappa shape index (κ1) is 14.6. The minimum absolute atomic E-state index is 0.101. The first-order valence-electron chi connectivity index (χ1n) is 6.50. The number of amides is 1. The van der Waals surface area contributed by atoms with Gasteiger partial charge < -0.3 is 11.1 Å². The lowest BCUT2D eigenvalue weighted by atomic mass is 10.0. The number of hydrogen-bond acceptors (Lipinski definition) is 3. The molecule has 0 bridgehead atoms. The van der Waals surface area contributed by atoms with Gasteiger partial charge in [-0.3, -0.25) is 9.78 Å². The first-order valence-corrected chi connectivity index (χ1v) is 6.50. The van der Waals surface area contributed by atoms with Crippen LogP contribution in [-0.2, 0) is 17.8 Å². The second-order valence-electron chi connectivity index (χ2n) is 4.92. The monoisotopic (exact) mass is 249 g/mol. The Labute approximate surface area is 109 Å². The Morgan fingerprint density at radius 3 is 2.83 bits per heavy atom. The number of hydrogen-bond donors (Lipinski definition) is 2. The minimum atomic E-state index is -0.432. The highest BCUT2D eigenvalue weighted by Gasteiger charge is 2.14. The third-order valence-corrected chi connectivity index (χ3v) is 2.86. The summed E-state index contributed by atoms with van der Waals surface area (Å²) in [7, 11) is 0. The van der Waals surface area contributed by atoms with Gasteiger partial charge in [-0.2, -0.15) is 0 Å². The molecule has 0 spiro atoms. The van der Waals surface area contributed by atoms with Crippen molar-refractivity contribution in [3.05, 3.63) is 29.6 Å². The fourth-order valence-electron chi connectivity index (χ4n) is 1.87. The molecule has 4 heteroatoms. The first-order chi connectivity index (χ1) is 8.54. The van der Waals surface area contributed by atoms with Gasteiger partial charge in [0, 0.05) is 6.20 Å². The van der Waals surface area contributed by atoms with Gasteiger partial charge in [0.1, 0.15) is 0 Å². The van der Waals surface area contributed by atoms with Gasteiger partial charge in [-0.05, 0) is 30.4 Å². The zero-order valence-corrected chi connectivity index (χ0v) is 11.4. The SMILES string of the molecule is CCc1cccnc1CNC(=O)[C@H](N)CC(C)C. The molecule has 1 atom stereocenters. The van der Waals surface area contributed by atoms with E-state index in [1.165, 1.54) is 0 Å². The van der Waals surface area contributed by atoms with E-state index in [9.17, 15) is 4.79 Å². The predicted octanol–water partition coefficient (Wildman–Crippen LogP) is 1.63. The predicted molar refractivity (Wildman–Crippen MR) is 72.9 cm³/mol. The van der Waals surface area contributed by atoms with Crippen molar-refractivity contribution in [1.29, 1.82) is 0 Å². The number of pyridine rings is 1. The molecule has 0 fully saturated rings. The van der Waals surface area contributed by atoms with E-state index in [4.69, 9.17) is 5.73 Å². The second-order valence-corrected chi connectivity index (χ2v) is 4.92. The van der Waals surface area contributed by atoms with Crippen molar-refractivity contribution in [2.75, 3.05) is 0 Å². The molecule has 0 unspecified atom stereocenters. The molecule has 0 saturated carbocycles. The minimum Gasteiger partial charge on any atom is -0.349 e. The largest absolute Gasteiger partial charge is 0.349 e. The molecule has 18 heavy (non-hydrogen) atoms. The Morgan fingerprint density at radius 2 is 2.22 bits per heavy atom. The summed E-state index contributed by atoms with van der Waals surface area (Å²) in [6.07, 6.45) is 3.36. The highest BCUT2D eigenvalue weighted by molar-refractivity contribution is 5.81. The van der Waals surface area contributed by atoms with Crippen LogP contribution in [0.2, 0.25) is 0 Å². The number of aromatic nitrogens is 1. The van der Waals surface area contributed by atoms with Crippen molar-refractivity contribution in [2.24, 2.45) is 11.7 Å². The fourth-order valence-corrected chi connectivity index (χ4v) is 1.87. The van der Waals surface area contributed by atoms with E-state index >= 15 is 0 Å². The summed E-state index contributed by atoms with van der Waals surface area (Å²) in [6, 6.07) is 3.51. The quantitative estimate of drug-likeness (QED) is 0.805. The lowest BCUT2D eigenvalue weighted by Crippen LogP contribution is -2.41. The third-order valence-electron chi connectivity index (χ3n) is 2.86. The van der Waals surface area contributed by atoms with Crippen LogP contribution in [0.4, 0.5) is 0 Å². The van der Waals surface area contributed by atoms with Crippen molar-refractivity contribution in [3.63, 3.8) is 0 Å². The Bertz CT molecular complexity index is 390. The highest BCUT2D eigenvalue weighted by atomic mass is 16.2. The molecule has 0 aliphatic heterocycles. The molecular weight excluding hydrogens is 226 g/mol. The molecule has 1 aromatic rings. The van der Waals surface area contributed by atoms with Gasteiger partial charge >= 0.3 is 0 Å². The number of aryl methyl sites for hydroxylation is 1. The molecule has 1 heterocycles. The Kier molecular flexibility index (Phi) is 5.78. The van der Waals surface area contributed by atoms with Crippen molar-refractivity contribution >= 4 is 5.91 Å². The van der Waals surface area contributed by atoms with E-state index in [1.807, 2.05) is 12.1 Å². The van der Waals surface area contributed by atoms with Crippen LogP contribution >= 0.6 is 0 Å². The zero-order chi connectivity index (χ0) is 13.5. The van der Waals surface area contributed by atoms with Gasteiger partial charge in [-0.15, -0.1) is 0 Å². The maximum atomic E-state index is 11.8. The van der Waals surface area contributed by atoms with Crippen molar-refractivity contribution in [2.45, 2.75) is 46.2 Å². The number of carbonyl (C=O) groups excluding carboxylic acids is 1. The zero-order valence-electron chi connectivity index (χ0n) is 11.4. The smallest absolute Gasteiger partial charge is 0.237 e. The Hall–Kier alpha value is -1.42. The second kappa shape index (κ2) is 7.11. The topological polar surface area (TPSA) is 68.0 Å². The van der Waals surface area contributed by atoms with Gasteiger partial charge in [0.2, 0.25) is 5.91 Å². The van der Waals surface area contributed by atoms with E-state index in [-0.39, 0.29) is 5.91 Å². The van der Waals surface area contributed by atoms with Crippen LogP contribution < -0.4 is 11.1 Å². The van der Waals surface area contributed by atoms with Gasteiger partial charge in [0.05, 0.1) is 18.3 Å². The van der Waals surface area contributed by atoms with E-state index in [1.54, 1.807) is 6.20 Å². The van der Waals surface area contributed by atoms with Crippen LogP contribution in [0.25, 0.3) is 0 Å². The molecule has 0 aliphatic rings. The Morgan fingerprint density at radius 1 is 1.50 bits per heavy atom. The van der Waals surface area contributed by atoms with Crippen LogP contribution in [0.5, 0.6) is 0 Å². The summed E-state index contributed by atoms with van der Waals surface area (Å²) >= 11 is 0. The Balaban J connectivity index is 2.52. The van der Waals surface area contributed by atoms with Crippen molar-refractivity contribution in [1.82, 2.24) is 10.3 Å². The average Bonchev–Trinajstić information content (AvgIpc) is 2.35. The summed E-state index contributed by atoms with van der Waals surface area (Å²) in [6.45, 7) is 6.64. The number of rotatable bonds is 6. The van der Waals surface area contributed by atoms with E-state index in [0.717, 1.165) is 17.7 Å². The van der Waals surface area contributed by atoms with Crippen LogP contribution in [0.1, 0.15) is 38.4 Å². The molecule has 3 N–H and O–H groups in total. The molecular formula is C14H23N3O. The van der Waals surface area contributed by atoms with Gasteiger partial charge in [0.15, 0.2) is 0 Å². The van der Waals surface area contributed by atoms with E-state index < -0.39 is 6.04 Å². The normalized spacial score (nSPS) is 12.5. The van der Waals surface area contributed by atoms with Crippen molar-refractivity contribution in [3.8, 4) is 0 Å². The molecule has 0 radical (unpaired) electrons. The van der Waals surface area contributed by atoms with Gasteiger partial charge in [0.25, 0.3) is 0 Å². The summed E-state index contributed by atoms with van der Waals surface area (Å²) in [4.78, 5) is 16.1. The molecule has 4 nitrogen and oxygen atoms in total. The van der Waals surface area contributed by atoms with Crippen LogP contribution in [-0.4, -0.2) is 16.9 Å². The van der Waals surface area contributed by atoms with Gasteiger partial charge in [-0.1, -0.05) is 26.8 Å². The number of nitrogens with zero attached hydrogens (tertiary/aromatic N) is 1. The summed E-state index contributed by atoms with van der Waals surface area (Å²) in [5, 5.41) is 2.85. The molecule has 0 aromatic carbocycles. The molecule has 1 aromatic heterocycles. The standard InChI is InChI=1S/C14H23N3O/c1-4-11-6-5-7-16-13(11)9-17-14(18)12(15)8-10(2)3/h5-7,10,12H,4,8-9,15H2,1-3H3,(H,17,18)/t12-/m1/s1. The number of nitrogens with two attached hydrogens (primary N) is 1.